The molecule has 2 aliphatic carbocycles. The van der Waals surface area contributed by atoms with E-state index in [2.05, 4.69) is 43.6 Å². The van der Waals surface area contributed by atoms with Crippen LogP contribution in [0.25, 0.3) is 0 Å². The first kappa shape index (κ1) is 11.1. The van der Waals surface area contributed by atoms with Gasteiger partial charge in [-0.05, 0) is 55.8 Å². The topological polar surface area (TPSA) is 21.3 Å². The average molecular weight is 231 g/mol. The standard InChI is InChI=1S/C15H21NO/c1-10-8-14(10)15(16-2)11-4-3-5-13(9-11)17-12-6-7-12/h3-5,9-10,12,14-16H,6-8H2,1-2H3. The lowest BCUT2D eigenvalue weighted by atomic mass is 10.0. The zero-order chi connectivity index (χ0) is 11.8. The highest BCUT2D eigenvalue weighted by molar-refractivity contribution is 5.32. The summed E-state index contributed by atoms with van der Waals surface area (Å²) in [7, 11) is 2.06. The summed E-state index contributed by atoms with van der Waals surface area (Å²) in [5.74, 6) is 2.70. The molecule has 2 aliphatic rings. The largest absolute Gasteiger partial charge is 0.490 e. The van der Waals surface area contributed by atoms with Gasteiger partial charge < -0.3 is 10.1 Å². The molecule has 2 saturated carbocycles. The number of benzene rings is 1. The van der Waals surface area contributed by atoms with Gasteiger partial charge in [-0.25, -0.2) is 0 Å². The highest BCUT2D eigenvalue weighted by Gasteiger charge is 2.39. The lowest BCUT2D eigenvalue weighted by Gasteiger charge is -2.17. The van der Waals surface area contributed by atoms with Gasteiger partial charge in [-0.1, -0.05) is 19.1 Å². The summed E-state index contributed by atoms with van der Waals surface area (Å²) in [4.78, 5) is 0. The van der Waals surface area contributed by atoms with Crippen LogP contribution in [0.3, 0.4) is 0 Å². The van der Waals surface area contributed by atoms with E-state index in [1.807, 2.05) is 0 Å². The molecule has 0 bridgehead atoms. The highest BCUT2D eigenvalue weighted by atomic mass is 16.5. The van der Waals surface area contributed by atoms with E-state index in [1.54, 1.807) is 0 Å². The third kappa shape index (κ3) is 2.47. The number of hydrogen-bond donors (Lipinski definition) is 1. The molecule has 0 saturated heterocycles. The number of ether oxygens (including phenoxy) is 1. The second kappa shape index (κ2) is 4.34. The minimum Gasteiger partial charge on any atom is -0.490 e. The summed E-state index contributed by atoms with van der Waals surface area (Å²) < 4.78 is 5.86. The van der Waals surface area contributed by atoms with Crippen molar-refractivity contribution in [1.29, 1.82) is 0 Å². The van der Waals surface area contributed by atoms with Crippen molar-refractivity contribution in [3.63, 3.8) is 0 Å². The zero-order valence-electron chi connectivity index (χ0n) is 10.6. The van der Waals surface area contributed by atoms with Crippen molar-refractivity contribution in [2.24, 2.45) is 11.8 Å². The SMILES string of the molecule is CNC(c1cccc(OC2CC2)c1)C1CC1C. The van der Waals surface area contributed by atoms with Crippen LogP contribution in [0.5, 0.6) is 5.75 Å². The Bertz CT molecular complexity index is 400. The van der Waals surface area contributed by atoms with Crippen molar-refractivity contribution in [3.05, 3.63) is 29.8 Å². The maximum atomic E-state index is 5.86. The molecule has 1 aromatic carbocycles. The Labute approximate surface area is 103 Å². The molecule has 3 rings (SSSR count). The van der Waals surface area contributed by atoms with Crippen molar-refractivity contribution in [2.45, 2.75) is 38.3 Å². The van der Waals surface area contributed by atoms with E-state index in [0.717, 1.165) is 17.6 Å². The summed E-state index contributed by atoms with van der Waals surface area (Å²) in [6, 6.07) is 9.11. The fraction of sp³-hybridized carbons (Fsp3) is 0.600. The predicted molar refractivity (Wildman–Crippen MR) is 69.2 cm³/mol. The molecule has 0 spiro atoms. The maximum absolute atomic E-state index is 5.86. The maximum Gasteiger partial charge on any atom is 0.120 e. The third-order valence-electron chi connectivity index (χ3n) is 3.96. The fourth-order valence-electron chi connectivity index (χ4n) is 2.60. The molecule has 0 aromatic heterocycles. The monoisotopic (exact) mass is 231 g/mol. The van der Waals surface area contributed by atoms with Crippen molar-refractivity contribution in [3.8, 4) is 5.75 Å². The second-order valence-corrected chi connectivity index (χ2v) is 5.53. The van der Waals surface area contributed by atoms with Gasteiger partial charge in [-0.3, -0.25) is 0 Å². The van der Waals surface area contributed by atoms with Crippen LogP contribution >= 0.6 is 0 Å². The van der Waals surface area contributed by atoms with Crippen LogP contribution in [-0.4, -0.2) is 13.2 Å². The molecule has 0 amide bonds. The number of rotatable bonds is 5. The van der Waals surface area contributed by atoms with E-state index in [9.17, 15) is 0 Å². The van der Waals surface area contributed by atoms with E-state index in [4.69, 9.17) is 4.74 Å². The number of nitrogens with one attached hydrogen (secondary N) is 1. The Kier molecular flexibility index (Phi) is 2.83. The van der Waals surface area contributed by atoms with Crippen molar-refractivity contribution >= 4 is 0 Å². The Morgan fingerprint density at radius 2 is 2.12 bits per heavy atom. The molecule has 2 nitrogen and oxygen atoms in total. The first-order valence-electron chi connectivity index (χ1n) is 6.72. The normalized spacial score (nSPS) is 28.8. The second-order valence-electron chi connectivity index (χ2n) is 5.53. The van der Waals surface area contributed by atoms with Crippen LogP contribution in [0.15, 0.2) is 24.3 Å². The van der Waals surface area contributed by atoms with Crippen molar-refractivity contribution < 1.29 is 4.74 Å². The number of hydrogen-bond acceptors (Lipinski definition) is 2. The van der Waals surface area contributed by atoms with Crippen LogP contribution in [0.1, 0.15) is 37.8 Å². The predicted octanol–water partition coefficient (Wildman–Crippen LogP) is 3.14. The van der Waals surface area contributed by atoms with Gasteiger partial charge in [0.05, 0.1) is 6.10 Å². The molecule has 3 unspecified atom stereocenters. The van der Waals surface area contributed by atoms with Crippen LogP contribution in [0.2, 0.25) is 0 Å². The van der Waals surface area contributed by atoms with Crippen molar-refractivity contribution in [2.75, 3.05) is 7.05 Å². The van der Waals surface area contributed by atoms with Crippen LogP contribution in [0, 0.1) is 11.8 Å². The molecule has 1 N–H and O–H groups in total. The molecule has 1 aromatic rings. The van der Waals surface area contributed by atoms with E-state index in [-0.39, 0.29) is 0 Å². The fourth-order valence-corrected chi connectivity index (χ4v) is 2.60. The minimum atomic E-state index is 0.484. The smallest absolute Gasteiger partial charge is 0.120 e. The van der Waals surface area contributed by atoms with Gasteiger partial charge in [0.15, 0.2) is 0 Å². The Balaban J connectivity index is 1.75. The molecule has 17 heavy (non-hydrogen) atoms. The molecule has 92 valence electrons. The molecule has 0 radical (unpaired) electrons. The Hall–Kier alpha value is -1.02. The van der Waals surface area contributed by atoms with Gasteiger partial charge in [0.25, 0.3) is 0 Å². The Morgan fingerprint density at radius 3 is 2.71 bits per heavy atom. The summed E-state index contributed by atoms with van der Waals surface area (Å²) in [5, 5.41) is 3.45. The van der Waals surface area contributed by atoms with Crippen LogP contribution in [0.4, 0.5) is 0 Å². The van der Waals surface area contributed by atoms with Crippen LogP contribution in [-0.2, 0) is 0 Å². The van der Waals surface area contributed by atoms with Gasteiger partial charge >= 0.3 is 0 Å². The zero-order valence-corrected chi connectivity index (χ0v) is 10.6. The van der Waals surface area contributed by atoms with E-state index in [0.29, 0.717) is 12.1 Å². The van der Waals surface area contributed by atoms with Gasteiger partial charge in [0, 0.05) is 6.04 Å². The van der Waals surface area contributed by atoms with Gasteiger partial charge in [0.1, 0.15) is 5.75 Å². The first-order valence-corrected chi connectivity index (χ1v) is 6.72. The molecule has 2 heteroatoms. The first-order chi connectivity index (χ1) is 8.28. The quantitative estimate of drug-likeness (QED) is 0.840. The van der Waals surface area contributed by atoms with E-state index < -0.39 is 0 Å². The lowest BCUT2D eigenvalue weighted by molar-refractivity contribution is 0.302. The van der Waals surface area contributed by atoms with Crippen molar-refractivity contribution in [1.82, 2.24) is 5.32 Å². The lowest BCUT2D eigenvalue weighted by Crippen LogP contribution is -2.19. The summed E-state index contributed by atoms with van der Waals surface area (Å²) in [6.45, 7) is 2.33. The molecular formula is C15H21NO. The average Bonchev–Trinajstić information content (AvgIpc) is 3.22. The molecule has 2 fully saturated rings. The molecule has 0 heterocycles. The van der Waals surface area contributed by atoms with Gasteiger partial charge in [0.2, 0.25) is 0 Å². The van der Waals surface area contributed by atoms with E-state index in [1.165, 1.54) is 24.8 Å². The van der Waals surface area contributed by atoms with Gasteiger partial charge in [-0.2, -0.15) is 0 Å². The third-order valence-corrected chi connectivity index (χ3v) is 3.96. The minimum absolute atomic E-state index is 0.484. The van der Waals surface area contributed by atoms with E-state index >= 15 is 0 Å². The Morgan fingerprint density at radius 1 is 1.35 bits per heavy atom. The molecule has 0 aliphatic heterocycles. The molecule has 3 atom stereocenters. The summed E-state index contributed by atoms with van der Waals surface area (Å²) in [5.41, 5.74) is 1.38. The van der Waals surface area contributed by atoms with Gasteiger partial charge in [-0.15, -0.1) is 0 Å². The highest BCUT2D eigenvalue weighted by Crippen LogP contribution is 2.47. The summed E-state index contributed by atoms with van der Waals surface area (Å²) >= 11 is 0. The molecular weight excluding hydrogens is 210 g/mol. The van der Waals surface area contributed by atoms with Crippen LogP contribution < -0.4 is 10.1 Å². The summed E-state index contributed by atoms with van der Waals surface area (Å²) in [6.07, 6.45) is 4.27.